The molecule has 18 heavy (non-hydrogen) atoms. The smallest absolute Gasteiger partial charge is 0.306 e. The fourth-order valence-electron chi connectivity index (χ4n) is 1.80. The van der Waals surface area contributed by atoms with Crippen molar-refractivity contribution in [3.05, 3.63) is 26.3 Å². The monoisotopic (exact) mass is 312 g/mol. The first-order valence-corrected chi connectivity index (χ1v) is 6.00. The predicted octanol–water partition coefficient (Wildman–Crippen LogP) is 1.19. The number of aliphatic hydroxyl groups excluding tert-OH is 1. The number of aromatic nitrogens is 1. The molecule has 1 atom stereocenters. The Hall–Kier alpha value is -1.72. The molecule has 0 radical (unpaired) electrons. The summed E-state index contributed by atoms with van der Waals surface area (Å²) in [6.45, 7) is 0.701. The Balaban J connectivity index is 2.45. The van der Waals surface area contributed by atoms with Crippen LogP contribution >= 0.6 is 15.9 Å². The van der Waals surface area contributed by atoms with E-state index in [2.05, 4.69) is 20.9 Å². The molecule has 0 aromatic carbocycles. The number of hydrogen-bond acceptors (Lipinski definition) is 6. The first-order chi connectivity index (χ1) is 8.58. The Labute approximate surface area is 111 Å². The molecule has 1 aromatic rings. The number of halogens is 1. The summed E-state index contributed by atoms with van der Waals surface area (Å²) in [5.74, 6) is 0.461. The van der Waals surface area contributed by atoms with Crippen molar-refractivity contribution in [1.29, 1.82) is 5.26 Å². The van der Waals surface area contributed by atoms with Gasteiger partial charge in [-0.25, -0.2) is 4.98 Å². The topological polar surface area (TPSA) is 103 Å². The van der Waals surface area contributed by atoms with Gasteiger partial charge in [0.1, 0.15) is 11.9 Å². The second-order valence-electron chi connectivity index (χ2n) is 3.85. The third kappa shape index (κ3) is 2.02. The van der Waals surface area contributed by atoms with E-state index >= 15 is 0 Å². The molecule has 1 aliphatic rings. The van der Waals surface area contributed by atoms with Gasteiger partial charge in [0.15, 0.2) is 0 Å². The fraction of sp³-hybridized carbons (Fsp3) is 0.400. The second-order valence-corrected chi connectivity index (χ2v) is 4.70. The third-order valence-corrected chi connectivity index (χ3v) is 3.45. The average molecular weight is 313 g/mol. The van der Waals surface area contributed by atoms with Gasteiger partial charge in [0, 0.05) is 12.6 Å². The number of rotatable bonds is 3. The van der Waals surface area contributed by atoms with Crippen LogP contribution in [0.15, 0.2) is 10.5 Å². The number of pyridine rings is 1. The number of nitro groups is 1. The highest BCUT2D eigenvalue weighted by Gasteiger charge is 2.31. The first-order valence-electron chi connectivity index (χ1n) is 5.21. The molecule has 2 heterocycles. The van der Waals surface area contributed by atoms with Gasteiger partial charge in [-0.1, -0.05) is 0 Å². The van der Waals surface area contributed by atoms with Crippen molar-refractivity contribution < 1.29 is 10.0 Å². The molecule has 2 rings (SSSR count). The fourth-order valence-corrected chi connectivity index (χ4v) is 2.34. The van der Waals surface area contributed by atoms with Gasteiger partial charge in [0.25, 0.3) is 0 Å². The molecule has 0 aliphatic carbocycles. The Bertz CT molecular complexity index is 541. The number of anilines is 1. The standard InChI is InChI=1S/C10H9BrN4O3/c11-7-3-9(15(17)18)8(4-12)13-10(7)14-2-1-6(14)5-16/h3,6,16H,1-2,5H2/t6-/m0/s1. The molecular formula is C10H9BrN4O3. The molecule has 94 valence electrons. The van der Waals surface area contributed by atoms with E-state index in [1.807, 2.05) is 4.90 Å². The molecule has 0 unspecified atom stereocenters. The molecule has 1 aromatic heterocycles. The summed E-state index contributed by atoms with van der Waals surface area (Å²) in [5.41, 5.74) is -0.545. The van der Waals surface area contributed by atoms with Crippen molar-refractivity contribution in [2.45, 2.75) is 12.5 Å². The SMILES string of the molecule is N#Cc1nc(N2CC[C@H]2CO)c(Br)cc1[N+](=O)[O-]. The van der Waals surface area contributed by atoms with Crippen LogP contribution in [0, 0.1) is 21.4 Å². The van der Waals surface area contributed by atoms with Gasteiger partial charge in [0.2, 0.25) is 5.69 Å². The van der Waals surface area contributed by atoms with E-state index in [0.717, 1.165) is 6.42 Å². The average Bonchev–Trinajstić information content (AvgIpc) is 2.30. The maximum atomic E-state index is 10.8. The van der Waals surface area contributed by atoms with Crippen molar-refractivity contribution in [2.75, 3.05) is 18.1 Å². The summed E-state index contributed by atoms with van der Waals surface area (Å²) >= 11 is 3.21. The van der Waals surface area contributed by atoms with Crippen molar-refractivity contribution >= 4 is 27.4 Å². The molecule has 0 spiro atoms. The third-order valence-electron chi connectivity index (χ3n) is 2.87. The van der Waals surface area contributed by atoms with Crippen LogP contribution in [-0.4, -0.2) is 34.2 Å². The highest BCUT2D eigenvalue weighted by atomic mass is 79.9. The zero-order valence-corrected chi connectivity index (χ0v) is 10.8. The molecule has 1 fully saturated rings. The number of aliphatic hydroxyl groups is 1. The number of hydrogen-bond donors (Lipinski definition) is 1. The summed E-state index contributed by atoms with van der Waals surface area (Å²) in [7, 11) is 0. The first kappa shape index (κ1) is 12.7. The van der Waals surface area contributed by atoms with E-state index in [9.17, 15) is 10.1 Å². The van der Waals surface area contributed by atoms with Crippen LogP contribution in [0.4, 0.5) is 11.5 Å². The van der Waals surface area contributed by atoms with Crippen LogP contribution in [-0.2, 0) is 0 Å². The van der Waals surface area contributed by atoms with E-state index in [0.29, 0.717) is 16.8 Å². The van der Waals surface area contributed by atoms with Crippen molar-refractivity contribution in [1.82, 2.24) is 4.98 Å². The molecular weight excluding hydrogens is 304 g/mol. The highest BCUT2D eigenvalue weighted by Crippen LogP contribution is 2.34. The lowest BCUT2D eigenvalue weighted by molar-refractivity contribution is -0.385. The van der Waals surface area contributed by atoms with Crippen LogP contribution in [0.2, 0.25) is 0 Å². The molecule has 0 saturated carbocycles. The molecule has 0 amide bonds. The minimum Gasteiger partial charge on any atom is -0.394 e. The predicted molar refractivity (Wildman–Crippen MR) is 66.1 cm³/mol. The second kappa shape index (κ2) is 4.88. The Kier molecular flexibility index (Phi) is 3.45. The summed E-state index contributed by atoms with van der Waals surface area (Å²) in [4.78, 5) is 15.9. The maximum Gasteiger partial charge on any atom is 0.306 e. The van der Waals surface area contributed by atoms with Gasteiger partial charge in [-0.15, -0.1) is 0 Å². The minimum absolute atomic E-state index is 0.00695. The lowest BCUT2D eigenvalue weighted by atomic mass is 10.0. The van der Waals surface area contributed by atoms with Crippen LogP contribution in [0.1, 0.15) is 12.1 Å². The van der Waals surface area contributed by atoms with Gasteiger partial charge in [-0.2, -0.15) is 5.26 Å². The van der Waals surface area contributed by atoms with Gasteiger partial charge in [0.05, 0.1) is 22.0 Å². The molecule has 0 bridgehead atoms. The molecule has 7 nitrogen and oxygen atoms in total. The van der Waals surface area contributed by atoms with Crippen molar-refractivity contribution in [3.8, 4) is 6.07 Å². The van der Waals surface area contributed by atoms with Crippen LogP contribution < -0.4 is 4.90 Å². The Morgan fingerprint density at radius 2 is 2.50 bits per heavy atom. The summed E-state index contributed by atoms with van der Waals surface area (Å²) < 4.78 is 0.450. The normalized spacial score (nSPS) is 18.1. The van der Waals surface area contributed by atoms with E-state index < -0.39 is 4.92 Å². The molecule has 1 N–H and O–H groups in total. The van der Waals surface area contributed by atoms with E-state index in [-0.39, 0.29) is 24.0 Å². The highest BCUT2D eigenvalue weighted by molar-refractivity contribution is 9.10. The number of nitrogens with zero attached hydrogens (tertiary/aromatic N) is 4. The minimum atomic E-state index is -0.639. The van der Waals surface area contributed by atoms with E-state index in [4.69, 9.17) is 10.4 Å². The van der Waals surface area contributed by atoms with Gasteiger partial charge in [-0.3, -0.25) is 10.1 Å². The summed E-state index contributed by atoms with van der Waals surface area (Å²) in [6, 6.07) is 2.95. The number of nitriles is 1. The zero-order valence-electron chi connectivity index (χ0n) is 9.21. The Morgan fingerprint density at radius 1 is 1.78 bits per heavy atom. The Morgan fingerprint density at radius 3 is 2.94 bits per heavy atom. The molecule has 1 saturated heterocycles. The van der Waals surface area contributed by atoms with Crippen molar-refractivity contribution in [2.24, 2.45) is 0 Å². The van der Waals surface area contributed by atoms with Gasteiger partial charge < -0.3 is 10.0 Å². The molecule has 8 heteroatoms. The van der Waals surface area contributed by atoms with Crippen LogP contribution in [0.3, 0.4) is 0 Å². The lowest BCUT2D eigenvalue weighted by Crippen LogP contribution is -2.50. The molecule has 1 aliphatic heterocycles. The lowest BCUT2D eigenvalue weighted by Gasteiger charge is -2.41. The van der Waals surface area contributed by atoms with E-state index in [1.165, 1.54) is 6.07 Å². The van der Waals surface area contributed by atoms with E-state index in [1.54, 1.807) is 6.07 Å². The summed E-state index contributed by atoms with van der Waals surface area (Å²) in [5, 5.41) is 28.8. The largest absolute Gasteiger partial charge is 0.394 e. The van der Waals surface area contributed by atoms with Crippen LogP contribution in [0.25, 0.3) is 0 Å². The quantitative estimate of drug-likeness (QED) is 0.664. The van der Waals surface area contributed by atoms with Crippen LogP contribution in [0.5, 0.6) is 0 Å². The zero-order chi connectivity index (χ0) is 13.3. The van der Waals surface area contributed by atoms with Gasteiger partial charge in [-0.05, 0) is 22.4 Å². The maximum absolute atomic E-state index is 10.8. The van der Waals surface area contributed by atoms with Gasteiger partial charge >= 0.3 is 5.69 Å². The summed E-state index contributed by atoms with van der Waals surface area (Å²) in [6.07, 6.45) is 0.837. The van der Waals surface area contributed by atoms with Crippen molar-refractivity contribution in [3.63, 3.8) is 0 Å².